The van der Waals surface area contributed by atoms with E-state index in [1.807, 2.05) is 13.1 Å². The Hall–Kier alpha value is -0.653. The highest BCUT2D eigenvalue weighted by Gasteiger charge is 2.37. The molecule has 0 bridgehead atoms. The van der Waals surface area contributed by atoms with Crippen molar-refractivity contribution in [3.63, 3.8) is 0 Å². The van der Waals surface area contributed by atoms with Crippen molar-refractivity contribution < 1.29 is 9.22 Å². The fourth-order valence-electron chi connectivity index (χ4n) is 2.12. The van der Waals surface area contributed by atoms with Crippen molar-refractivity contribution >= 4 is 30.2 Å². The molecule has 1 aromatic carbocycles. The number of nitrogens with zero attached hydrogens (tertiary/aromatic N) is 1. The molecule has 3 nitrogen and oxygen atoms in total. The van der Waals surface area contributed by atoms with E-state index >= 15 is 0 Å². The number of hydrogen-bond donors (Lipinski definition) is 0. The molecular formula is C16H24BrNO2Si. The van der Waals surface area contributed by atoms with Crippen LogP contribution in [0.1, 0.15) is 42.3 Å². The van der Waals surface area contributed by atoms with Crippen LogP contribution in [0.2, 0.25) is 18.1 Å². The molecule has 2 rings (SSSR count). The van der Waals surface area contributed by atoms with Crippen LogP contribution in [0.4, 0.5) is 0 Å². The number of halogens is 1. The van der Waals surface area contributed by atoms with Crippen LogP contribution in [0.5, 0.6) is 0 Å². The Morgan fingerprint density at radius 2 is 1.95 bits per heavy atom. The Morgan fingerprint density at radius 3 is 2.52 bits per heavy atom. The van der Waals surface area contributed by atoms with Crippen LogP contribution in [-0.2, 0) is 17.6 Å². The van der Waals surface area contributed by atoms with Gasteiger partial charge in [0, 0.05) is 23.6 Å². The highest BCUT2D eigenvalue weighted by atomic mass is 79.9. The maximum atomic E-state index is 12.1. The summed E-state index contributed by atoms with van der Waals surface area (Å²) >= 11 is 3.59. The van der Waals surface area contributed by atoms with Gasteiger partial charge in [0.1, 0.15) is 0 Å². The molecule has 21 heavy (non-hydrogen) atoms. The first-order valence-corrected chi connectivity index (χ1v) is 10.9. The number of rotatable bonds is 3. The van der Waals surface area contributed by atoms with Crippen molar-refractivity contribution in [3.8, 4) is 0 Å². The van der Waals surface area contributed by atoms with Crippen molar-refractivity contribution in [1.29, 1.82) is 0 Å². The molecule has 0 atom stereocenters. The zero-order chi connectivity index (χ0) is 16.0. The van der Waals surface area contributed by atoms with E-state index in [-0.39, 0.29) is 10.9 Å². The summed E-state index contributed by atoms with van der Waals surface area (Å²) in [7, 11) is 0.0621. The van der Waals surface area contributed by atoms with E-state index in [4.69, 9.17) is 4.43 Å². The predicted octanol–water partition coefficient (Wildman–Crippen LogP) is 4.56. The third-order valence-corrected chi connectivity index (χ3v) is 9.82. The summed E-state index contributed by atoms with van der Waals surface area (Å²) in [5, 5.41) is 0.191. The monoisotopic (exact) mass is 369 g/mol. The van der Waals surface area contributed by atoms with Crippen LogP contribution in [0.3, 0.4) is 0 Å². The van der Waals surface area contributed by atoms with Crippen molar-refractivity contribution in [3.05, 3.63) is 33.3 Å². The fourth-order valence-corrected chi connectivity index (χ4v) is 3.72. The Labute approximate surface area is 136 Å². The summed E-state index contributed by atoms with van der Waals surface area (Å²) in [4.78, 5) is 13.9. The highest BCUT2D eigenvalue weighted by Crippen LogP contribution is 2.37. The number of benzene rings is 1. The van der Waals surface area contributed by atoms with Gasteiger partial charge >= 0.3 is 0 Å². The lowest BCUT2D eigenvalue weighted by Crippen LogP contribution is -2.40. The third-order valence-electron chi connectivity index (χ3n) is 4.63. The third kappa shape index (κ3) is 3.25. The van der Waals surface area contributed by atoms with Gasteiger partial charge in [0.05, 0.1) is 6.61 Å². The summed E-state index contributed by atoms with van der Waals surface area (Å²) in [5.74, 6) is 0.0971. The number of amides is 1. The molecule has 1 aliphatic rings. The van der Waals surface area contributed by atoms with Crippen LogP contribution >= 0.6 is 15.9 Å². The van der Waals surface area contributed by atoms with E-state index in [9.17, 15) is 4.79 Å². The minimum atomic E-state index is -1.77. The molecule has 0 aromatic heterocycles. The van der Waals surface area contributed by atoms with Crippen LogP contribution in [0.25, 0.3) is 0 Å². The Bertz CT molecular complexity index is 578. The van der Waals surface area contributed by atoms with Gasteiger partial charge in [0.25, 0.3) is 5.91 Å². The van der Waals surface area contributed by atoms with Crippen LogP contribution in [0.15, 0.2) is 16.6 Å². The van der Waals surface area contributed by atoms with E-state index in [1.165, 1.54) is 0 Å². The number of carbonyl (C=O) groups is 1. The van der Waals surface area contributed by atoms with E-state index in [0.29, 0.717) is 13.2 Å². The van der Waals surface area contributed by atoms with Gasteiger partial charge in [-0.1, -0.05) is 36.7 Å². The first kappa shape index (κ1) is 16.7. The molecule has 5 heteroatoms. The fraction of sp³-hybridized carbons (Fsp3) is 0.562. The molecule has 1 heterocycles. The maximum absolute atomic E-state index is 12.1. The lowest BCUT2D eigenvalue weighted by Gasteiger charge is -2.36. The van der Waals surface area contributed by atoms with E-state index < -0.39 is 8.32 Å². The van der Waals surface area contributed by atoms with Crippen molar-refractivity contribution in [2.24, 2.45) is 0 Å². The van der Waals surface area contributed by atoms with Crippen LogP contribution < -0.4 is 0 Å². The second kappa shape index (κ2) is 5.52. The quantitative estimate of drug-likeness (QED) is 0.730. The molecule has 1 amide bonds. The molecule has 0 saturated carbocycles. The zero-order valence-corrected chi connectivity index (χ0v) is 16.3. The maximum Gasteiger partial charge on any atom is 0.254 e. The van der Waals surface area contributed by atoms with Gasteiger partial charge in [-0.25, -0.2) is 0 Å². The Kier molecular flexibility index (Phi) is 4.39. The van der Waals surface area contributed by atoms with Gasteiger partial charge in [-0.15, -0.1) is 0 Å². The Balaban J connectivity index is 2.21. The molecule has 1 aromatic rings. The SMILES string of the molecule is CN1Cc2c(Br)cc(CO[Si](C)(C)C(C)(C)C)cc2C1=O. The van der Waals surface area contributed by atoms with Gasteiger partial charge in [-0.2, -0.15) is 0 Å². The summed E-state index contributed by atoms with van der Waals surface area (Å²) in [6, 6.07) is 4.07. The van der Waals surface area contributed by atoms with E-state index in [1.54, 1.807) is 4.90 Å². The molecule has 0 saturated heterocycles. The second-order valence-electron chi connectivity index (χ2n) is 7.31. The highest BCUT2D eigenvalue weighted by molar-refractivity contribution is 9.10. The number of carbonyl (C=O) groups excluding carboxylic acids is 1. The molecule has 0 fully saturated rings. The minimum absolute atomic E-state index is 0.0971. The lowest BCUT2D eigenvalue weighted by molar-refractivity contribution is 0.0816. The second-order valence-corrected chi connectivity index (χ2v) is 13.0. The van der Waals surface area contributed by atoms with Gasteiger partial charge in [0.2, 0.25) is 0 Å². The van der Waals surface area contributed by atoms with Gasteiger partial charge in [-0.05, 0) is 41.4 Å². The van der Waals surface area contributed by atoms with E-state index in [2.05, 4.69) is 55.9 Å². The smallest absolute Gasteiger partial charge is 0.254 e. The number of hydrogen-bond acceptors (Lipinski definition) is 2. The average Bonchev–Trinajstić information content (AvgIpc) is 2.63. The summed E-state index contributed by atoms with van der Waals surface area (Å²) < 4.78 is 7.26. The summed E-state index contributed by atoms with van der Waals surface area (Å²) in [6.07, 6.45) is 0. The van der Waals surface area contributed by atoms with E-state index in [0.717, 1.165) is 21.2 Å². The molecular weight excluding hydrogens is 346 g/mol. The predicted molar refractivity (Wildman–Crippen MR) is 91.9 cm³/mol. The largest absolute Gasteiger partial charge is 0.413 e. The van der Waals surface area contributed by atoms with Gasteiger partial charge < -0.3 is 9.33 Å². The van der Waals surface area contributed by atoms with Crippen molar-refractivity contribution in [1.82, 2.24) is 4.90 Å². The molecule has 0 radical (unpaired) electrons. The summed E-state index contributed by atoms with van der Waals surface area (Å²) in [6.45, 7) is 12.4. The molecule has 0 N–H and O–H groups in total. The first-order valence-electron chi connectivity index (χ1n) is 7.23. The van der Waals surface area contributed by atoms with Crippen LogP contribution in [0, 0.1) is 0 Å². The first-order chi connectivity index (χ1) is 9.53. The Morgan fingerprint density at radius 1 is 1.33 bits per heavy atom. The lowest BCUT2D eigenvalue weighted by atomic mass is 10.1. The van der Waals surface area contributed by atoms with Gasteiger partial charge in [0.15, 0.2) is 8.32 Å². The number of fused-ring (bicyclic) bond motifs is 1. The molecule has 1 aliphatic heterocycles. The zero-order valence-electron chi connectivity index (χ0n) is 13.7. The average molecular weight is 370 g/mol. The minimum Gasteiger partial charge on any atom is -0.413 e. The molecule has 0 spiro atoms. The topological polar surface area (TPSA) is 29.5 Å². The van der Waals surface area contributed by atoms with Gasteiger partial charge in [-0.3, -0.25) is 4.79 Å². The van der Waals surface area contributed by atoms with Crippen molar-refractivity contribution in [2.75, 3.05) is 7.05 Å². The van der Waals surface area contributed by atoms with Crippen LogP contribution in [-0.4, -0.2) is 26.2 Å². The molecule has 0 unspecified atom stereocenters. The standard InChI is InChI=1S/C16H24BrNO2Si/c1-16(2,3)21(5,6)20-10-11-7-12-13(14(17)8-11)9-18(4)15(12)19/h7-8H,9-10H2,1-6H3. The molecule has 116 valence electrons. The van der Waals surface area contributed by atoms with Crippen molar-refractivity contribution in [2.45, 2.75) is 52.1 Å². The molecule has 0 aliphatic carbocycles. The normalized spacial score (nSPS) is 15.6. The summed E-state index contributed by atoms with van der Waals surface area (Å²) in [5.41, 5.74) is 2.95.